The fourth-order valence-corrected chi connectivity index (χ4v) is 9.10. The molecule has 0 saturated heterocycles. The minimum Gasteiger partial charge on any atom is -0.0836 e. The summed E-state index contributed by atoms with van der Waals surface area (Å²) in [5.74, 6) is 0. The molecule has 3 aromatic rings. The van der Waals surface area contributed by atoms with Crippen LogP contribution < -0.4 is 15.9 Å². The van der Waals surface area contributed by atoms with E-state index in [1.165, 1.54) is 41.1 Å². The van der Waals surface area contributed by atoms with E-state index in [0.29, 0.717) is 0 Å². The van der Waals surface area contributed by atoms with Crippen molar-refractivity contribution >= 4 is 31.8 Å². The summed E-state index contributed by atoms with van der Waals surface area (Å²) in [7, 11) is -0.627. The van der Waals surface area contributed by atoms with Gasteiger partial charge in [0.05, 0.1) is 0 Å². The summed E-state index contributed by atoms with van der Waals surface area (Å²) >= 11 is 0. The van der Waals surface area contributed by atoms with Crippen molar-refractivity contribution in [3.63, 3.8) is 0 Å². The molecular formula is C26H26P2. The summed E-state index contributed by atoms with van der Waals surface area (Å²) in [6.45, 7) is 0. The van der Waals surface area contributed by atoms with Gasteiger partial charge in [-0.2, -0.15) is 0 Å². The third-order valence-electron chi connectivity index (χ3n) is 5.04. The van der Waals surface area contributed by atoms with Crippen LogP contribution in [0.1, 0.15) is 12.8 Å². The van der Waals surface area contributed by atoms with Crippen LogP contribution in [0, 0.1) is 0 Å². The van der Waals surface area contributed by atoms with Crippen LogP contribution in [0.15, 0.2) is 115 Å². The van der Waals surface area contributed by atoms with Crippen molar-refractivity contribution in [1.82, 2.24) is 0 Å². The average Bonchev–Trinajstić information content (AvgIpc) is 2.79. The molecule has 0 saturated carbocycles. The summed E-state index contributed by atoms with van der Waals surface area (Å²) in [6.07, 6.45) is 12.1. The summed E-state index contributed by atoms with van der Waals surface area (Å²) < 4.78 is 0. The molecule has 0 spiro atoms. The van der Waals surface area contributed by atoms with Crippen LogP contribution in [-0.4, -0.2) is 12.3 Å². The molecule has 0 N–H and O–H groups in total. The van der Waals surface area contributed by atoms with Crippen molar-refractivity contribution in [2.24, 2.45) is 0 Å². The molecule has 28 heavy (non-hydrogen) atoms. The van der Waals surface area contributed by atoms with E-state index in [-0.39, 0.29) is 15.8 Å². The van der Waals surface area contributed by atoms with Gasteiger partial charge in [-0.15, -0.1) is 0 Å². The summed E-state index contributed by atoms with van der Waals surface area (Å²) in [4.78, 5) is 0. The first-order chi connectivity index (χ1) is 13.9. The Labute approximate surface area is 171 Å². The van der Waals surface area contributed by atoms with Gasteiger partial charge in [0, 0.05) is 0 Å². The van der Waals surface area contributed by atoms with Crippen LogP contribution >= 0.6 is 15.8 Å². The van der Waals surface area contributed by atoms with E-state index < -0.39 is 0 Å². The highest BCUT2D eigenvalue weighted by atomic mass is 31.1. The molecule has 0 amide bonds. The van der Waals surface area contributed by atoms with Crippen molar-refractivity contribution in [2.75, 3.05) is 12.3 Å². The molecule has 0 heterocycles. The van der Waals surface area contributed by atoms with Crippen molar-refractivity contribution in [2.45, 2.75) is 12.8 Å². The first-order valence-electron chi connectivity index (χ1n) is 9.99. The molecule has 3 aromatic carbocycles. The first kappa shape index (κ1) is 19.3. The highest BCUT2D eigenvalue weighted by Gasteiger charge is 2.20. The van der Waals surface area contributed by atoms with Crippen LogP contribution in [0.25, 0.3) is 0 Å². The van der Waals surface area contributed by atoms with Gasteiger partial charge in [0.15, 0.2) is 0 Å². The highest BCUT2D eigenvalue weighted by molar-refractivity contribution is 7.75. The Kier molecular flexibility index (Phi) is 6.88. The third kappa shape index (κ3) is 4.88. The fourth-order valence-electron chi connectivity index (χ4n) is 3.64. The van der Waals surface area contributed by atoms with Crippen LogP contribution in [0.3, 0.4) is 0 Å². The fraction of sp³-hybridized carbons (Fsp3) is 0.154. The van der Waals surface area contributed by atoms with Crippen molar-refractivity contribution in [3.05, 3.63) is 115 Å². The average molecular weight is 400 g/mol. The van der Waals surface area contributed by atoms with Crippen LogP contribution in [-0.2, 0) is 0 Å². The number of benzene rings is 3. The van der Waals surface area contributed by atoms with Gasteiger partial charge in [-0.3, -0.25) is 0 Å². The molecule has 4 rings (SSSR count). The van der Waals surface area contributed by atoms with Gasteiger partial charge in [-0.25, -0.2) is 0 Å². The summed E-state index contributed by atoms with van der Waals surface area (Å²) in [5, 5.41) is 6.04. The van der Waals surface area contributed by atoms with E-state index in [9.17, 15) is 0 Å². The zero-order valence-electron chi connectivity index (χ0n) is 16.1. The quantitative estimate of drug-likeness (QED) is 0.417. The number of rotatable bonds is 7. The van der Waals surface area contributed by atoms with Gasteiger partial charge in [0.25, 0.3) is 0 Å². The Hall–Kier alpha value is -2.00. The minimum atomic E-state index is -0.330. The van der Waals surface area contributed by atoms with E-state index >= 15 is 0 Å². The van der Waals surface area contributed by atoms with E-state index in [1.807, 2.05) is 0 Å². The standard InChI is InChI=1S/C26H26P2/c1-5-13-23(14-6-1)27(24-15-7-2-8-16-24)21-22-28(25-17-9-3-10-18-25)26-19-11-4-12-20-26/h1-3,5-11,13-20H,4,12,21-22H2. The van der Waals surface area contributed by atoms with Crippen molar-refractivity contribution in [1.29, 1.82) is 0 Å². The second kappa shape index (κ2) is 9.97. The lowest BCUT2D eigenvalue weighted by Crippen LogP contribution is -2.16. The molecule has 1 atom stereocenters. The maximum absolute atomic E-state index is 2.48. The summed E-state index contributed by atoms with van der Waals surface area (Å²) in [5.41, 5.74) is 0. The second-order valence-corrected chi connectivity index (χ2v) is 11.6. The molecule has 0 fully saturated rings. The predicted octanol–water partition coefficient (Wildman–Crippen LogP) is 6.16. The molecule has 1 aliphatic rings. The van der Waals surface area contributed by atoms with Crippen LogP contribution in [0.5, 0.6) is 0 Å². The van der Waals surface area contributed by atoms with Gasteiger partial charge in [0.2, 0.25) is 0 Å². The first-order valence-corrected chi connectivity index (χ1v) is 13.0. The van der Waals surface area contributed by atoms with E-state index in [2.05, 4.69) is 109 Å². The molecule has 0 aliphatic heterocycles. The number of allylic oxidation sites excluding steroid dienone is 4. The molecule has 2 heteroatoms. The lowest BCUT2D eigenvalue weighted by Gasteiger charge is -2.25. The largest absolute Gasteiger partial charge is 0.0836 e. The molecule has 1 unspecified atom stereocenters. The molecule has 0 radical (unpaired) electrons. The van der Waals surface area contributed by atoms with Gasteiger partial charge in [0.1, 0.15) is 0 Å². The highest BCUT2D eigenvalue weighted by Crippen LogP contribution is 2.48. The van der Waals surface area contributed by atoms with E-state index in [1.54, 1.807) is 5.31 Å². The van der Waals surface area contributed by atoms with Crippen LogP contribution in [0.2, 0.25) is 0 Å². The maximum atomic E-state index is 2.48. The Morgan fingerprint density at radius 3 is 1.46 bits per heavy atom. The van der Waals surface area contributed by atoms with E-state index in [4.69, 9.17) is 0 Å². The van der Waals surface area contributed by atoms with Gasteiger partial charge in [-0.1, -0.05) is 109 Å². The molecule has 0 nitrogen and oxygen atoms in total. The normalized spacial score (nSPS) is 14.7. The SMILES string of the molecule is C1=CC(P(CCP(c2ccccc2)c2ccccc2)c2ccccc2)=CCC1. The zero-order valence-corrected chi connectivity index (χ0v) is 17.9. The molecule has 140 valence electrons. The molecule has 0 bridgehead atoms. The topological polar surface area (TPSA) is 0 Å². The second-order valence-electron chi connectivity index (χ2n) is 6.92. The van der Waals surface area contributed by atoms with Crippen LogP contribution in [0.4, 0.5) is 0 Å². The van der Waals surface area contributed by atoms with Gasteiger partial charge >= 0.3 is 0 Å². The van der Waals surface area contributed by atoms with E-state index in [0.717, 1.165) is 0 Å². The number of hydrogen-bond acceptors (Lipinski definition) is 0. The molecular weight excluding hydrogens is 374 g/mol. The lowest BCUT2D eigenvalue weighted by atomic mass is 10.2. The maximum Gasteiger partial charge on any atom is -0.0195 e. The molecule has 1 aliphatic carbocycles. The Bertz CT molecular complexity index is 875. The minimum absolute atomic E-state index is 0.297. The smallest absolute Gasteiger partial charge is 0.0195 e. The van der Waals surface area contributed by atoms with Crippen molar-refractivity contribution in [3.8, 4) is 0 Å². The Morgan fingerprint density at radius 2 is 1.00 bits per heavy atom. The Balaban J connectivity index is 1.62. The lowest BCUT2D eigenvalue weighted by molar-refractivity contribution is 1.03. The molecule has 0 aromatic heterocycles. The Morgan fingerprint density at radius 1 is 0.536 bits per heavy atom. The third-order valence-corrected chi connectivity index (χ3v) is 10.5. The zero-order chi connectivity index (χ0) is 19.0. The summed E-state index contributed by atoms with van der Waals surface area (Å²) in [6, 6.07) is 33.4. The van der Waals surface area contributed by atoms with Gasteiger partial charge < -0.3 is 0 Å². The van der Waals surface area contributed by atoms with Crippen molar-refractivity contribution < 1.29 is 0 Å². The monoisotopic (exact) mass is 400 g/mol. The number of hydrogen-bond donors (Lipinski definition) is 0. The van der Waals surface area contributed by atoms with Gasteiger partial charge in [-0.05, 0) is 62.2 Å². The predicted molar refractivity (Wildman–Crippen MR) is 128 cm³/mol.